The number of carbonyl (C=O) groups excluding carboxylic acids is 1. The van der Waals surface area contributed by atoms with E-state index in [1.165, 1.54) is 21.5 Å². The molecule has 3 aromatic heterocycles. The maximum atomic E-state index is 13.6. The van der Waals surface area contributed by atoms with E-state index >= 15 is 0 Å². The van der Waals surface area contributed by atoms with Crippen molar-refractivity contribution in [1.82, 2.24) is 24.2 Å². The fourth-order valence-corrected chi connectivity index (χ4v) is 7.28. The number of anilines is 2. The van der Waals surface area contributed by atoms with Gasteiger partial charge in [0.1, 0.15) is 5.69 Å². The first-order valence-electron chi connectivity index (χ1n) is 13.0. The second-order valence-corrected chi connectivity index (χ2v) is 12.9. The topological polar surface area (TPSA) is 145 Å². The van der Waals surface area contributed by atoms with Crippen LogP contribution in [-0.2, 0) is 10.0 Å². The second kappa shape index (κ2) is 12.3. The van der Waals surface area contributed by atoms with Gasteiger partial charge in [-0.15, -0.1) is 23.7 Å². The number of hydrogen-bond acceptors (Lipinski definition) is 9. The van der Waals surface area contributed by atoms with Gasteiger partial charge in [0.15, 0.2) is 5.13 Å². The highest BCUT2D eigenvalue weighted by Gasteiger charge is 2.26. The predicted molar refractivity (Wildman–Crippen MR) is 168 cm³/mol. The highest BCUT2D eigenvalue weighted by molar-refractivity contribution is 7.90. The number of para-hydroxylation sites is 1. The summed E-state index contributed by atoms with van der Waals surface area (Å²) in [4.78, 5) is 25.9. The molecule has 218 valence electrons. The van der Waals surface area contributed by atoms with Crippen LogP contribution >= 0.6 is 35.3 Å². The number of halogens is 2. The van der Waals surface area contributed by atoms with Gasteiger partial charge in [0.2, 0.25) is 5.95 Å². The van der Waals surface area contributed by atoms with Gasteiger partial charge in [-0.05, 0) is 43.9 Å². The summed E-state index contributed by atoms with van der Waals surface area (Å²) >= 11 is 7.81. The van der Waals surface area contributed by atoms with Gasteiger partial charge < -0.3 is 16.4 Å². The van der Waals surface area contributed by atoms with Crippen molar-refractivity contribution in [2.45, 2.75) is 42.7 Å². The van der Waals surface area contributed by atoms with Crippen molar-refractivity contribution in [3.63, 3.8) is 0 Å². The molecule has 0 saturated heterocycles. The Morgan fingerprint density at radius 1 is 1.05 bits per heavy atom. The number of rotatable bonds is 7. The minimum atomic E-state index is -3.86. The van der Waals surface area contributed by atoms with Crippen molar-refractivity contribution in [3.05, 3.63) is 83.1 Å². The molecule has 5 aromatic rings. The predicted octanol–water partition coefficient (Wildman–Crippen LogP) is 5.60. The summed E-state index contributed by atoms with van der Waals surface area (Å²) in [5.41, 5.74) is 7.50. The van der Waals surface area contributed by atoms with Crippen molar-refractivity contribution >= 4 is 73.3 Å². The molecule has 0 spiro atoms. The largest absolute Gasteiger partial charge is 0.375 e. The number of nitrogens with two attached hydrogens (primary N) is 1. The molecule has 0 aliphatic heterocycles. The number of benzene rings is 2. The monoisotopic (exact) mass is 643 g/mol. The van der Waals surface area contributed by atoms with Crippen molar-refractivity contribution < 1.29 is 13.2 Å². The lowest BCUT2D eigenvalue weighted by atomic mass is 9.91. The van der Waals surface area contributed by atoms with Crippen LogP contribution in [0.15, 0.2) is 77.3 Å². The van der Waals surface area contributed by atoms with Crippen LogP contribution in [0, 0.1) is 0 Å². The van der Waals surface area contributed by atoms with Crippen molar-refractivity contribution in [1.29, 1.82) is 0 Å². The number of carbonyl (C=O) groups is 1. The van der Waals surface area contributed by atoms with Gasteiger partial charge in [-0.2, -0.15) is 0 Å². The van der Waals surface area contributed by atoms with Crippen LogP contribution in [0.3, 0.4) is 0 Å². The molecule has 0 radical (unpaired) electrons. The summed E-state index contributed by atoms with van der Waals surface area (Å²) in [6, 6.07) is 15.5. The molecule has 14 heteroatoms. The Kier molecular flexibility index (Phi) is 8.69. The molecule has 42 heavy (non-hydrogen) atoms. The SMILES string of the molecule is Cl.Nc1nc(C(=O)N[C@H]2CCC[C@@H](Nc3ncc(Cl)c(-c4cn(S(=O)(=O)c5ccccc5)c5ccccc45)n3)C2)cs1. The molecule has 1 aliphatic rings. The standard InChI is InChI=1S/C28H26ClN7O3S2.ClH/c29-22-14-31-28(33-18-8-6-7-17(13-18)32-26(37)23-16-40-27(30)34-23)35-25(22)21-15-36(24-12-5-4-11-20(21)24)41(38,39)19-9-2-1-3-10-19;/h1-5,9-12,14-18H,6-8,13H2,(H2,30,34)(H,32,37)(H,31,33,35);1H/t17-,18+;/m0./s1. The third kappa shape index (κ3) is 5.93. The van der Waals surface area contributed by atoms with Gasteiger partial charge in [0, 0.05) is 34.6 Å². The molecule has 2 aromatic carbocycles. The third-order valence-corrected chi connectivity index (χ3v) is 9.71. The molecule has 1 amide bonds. The fraction of sp³-hybridized carbons (Fsp3) is 0.214. The molecular formula is C28H27Cl2N7O3S2. The van der Waals surface area contributed by atoms with E-state index in [4.69, 9.17) is 22.3 Å². The van der Waals surface area contributed by atoms with Crippen LogP contribution < -0.4 is 16.4 Å². The van der Waals surface area contributed by atoms with Crippen LogP contribution in [0.5, 0.6) is 0 Å². The zero-order chi connectivity index (χ0) is 28.6. The third-order valence-electron chi connectivity index (χ3n) is 7.07. The first-order valence-corrected chi connectivity index (χ1v) is 15.7. The van der Waals surface area contributed by atoms with Crippen LogP contribution in [0.25, 0.3) is 22.2 Å². The molecule has 1 saturated carbocycles. The molecule has 4 N–H and O–H groups in total. The van der Waals surface area contributed by atoms with Gasteiger partial charge in [-0.25, -0.2) is 27.3 Å². The van der Waals surface area contributed by atoms with Gasteiger partial charge in [0.05, 0.1) is 27.3 Å². The highest BCUT2D eigenvalue weighted by atomic mass is 35.5. The van der Waals surface area contributed by atoms with E-state index in [0.717, 1.165) is 19.3 Å². The molecule has 0 bridgehead atoms. The van der Waals surface area contributed by atoms with E-state index in [-0.39, 0.29) is 35.3 Å². The smallest absolute Gasteiger partial charge is 0.271 e. The van der Waals surface area contributed by atoms with Gasteiger partial charge in [-0.1, -0.05) is 48.0 Å². The molecule has 0 unspecified atom stereocenters. The Morgan fingerprint density at radius 2 is 1.79 bits per heavy atom. The van der Waals surface area contributed by atoms with Crippen molar-refractivity contribution in [3.8, 4) is 11.3 Å². The molecule has 6 rings (SSSR count). The summed E-state index contributed by atoms with van der Waals surface area (Å²) < 4.78 is 28.4. The number of aromatic nitrogens is 4. The molecule has 3 heterocycles. The summed E-state index contributed by atoms with van der Waals surface area (Å²) in [5, 5.41) is 9.43. The van der Waals surface area contributed by atoms with E-state index in [1.54, 1.807) is 54.0 Å². The van der Waals surface area contributed by atoms with E-state index in [9.17, 15) is 13.2 Å². The lowest BCUT2D eigenvalue weighted by Crippen LogP contribution is -2.42. The number of amides is 1. The maximum absolute atomic E-state index is 13.6. The summed E-state index contributed by atoms with van der Waals surface area (Å²) in [5.74, 6) is 0.131. The number of nitrogens with zero attached hydrogens (tertiary/aromatic N) is 4. The Morgan fingerprint density at radius 3 is 2.55 bits per heavy atom. The maximum Gasteiger partial charge on any atom is 0.271 e. The average molecular weight is 645 g/mol. The minimum absolute atomic E-state index is 0. The Labute approximate surface area is 257 Å². The number of nitrogen functional groups attached to an aromatic ring is 1. The van der Waals surface area contributed by atoms with Crippen LogP contribution in [0.4, 0.5) is 11.1 Å². The Balaban J connectivity index is 0.00000353. The van der Waals surface area contributed by atoms with Crippen molar-refractivity contribution in [2.24, 2.45) is 0 Å². The quantitative estimate of drug-likeness (QED) is 0.208. The van der Waals surface area contributed by atoms with E-state index in [2.05, 4.69) is 20.6 Å². The summed E-state index contributed by atoms with van der Waals surface area (Å²) in [6.07, 6.45) is 6.40. The van der Waals surface area contributed by atoms with Crippen molar-refractivity contribution in [2.75, 3.05) is 11.1 Å². The van der Waals surface area contributed by atoms with Crippen LogP contribution in [0.2, 0.25) is 5.02 Å². The lowest BCUT2D eigenvalue weighted by molar-refractivity contribution is 0.0922. The first-order chi connectivity index (χ1) is 19.8. The summed E-state index contributed by atoms with van der Waals surface area (Å²) in [6.45, 7) is 0. The fourth-order valence-electron chi connectivity index (χ4n) is 5.15. The number of hydrogen-bond donors (Lipinski definition) is 3. The molecule has 10 nitrogen and oxygen atoms in total. The molecule has 1 aliphatic carbocycles. The Bertz CT molecular complexity index is 1840. The van der Waals surface area contributed by atoms with E-state index in [1.807, 2.05) is 12.1 Å². The normalized spacial score (nSPS) is 17.0. The van der Waals surface area contributed by atoms with E-state index in [0.29, 0.717) is 50.4 Å². The molecule has 2 atom stereocenters. The highest BCUT2D eigenvalue weighted by Crippen LogP contribution is 2.36. The Hall–Kier alpha value is -3.71. The lowest BCUT2D eigenvalue weighted by Gasteiger charge is -2.30. The minimum Gasteiger partial charge on any atom is -0.375 e. The zero-order valence-electron chi connectivity index (χ0n) is 22.1. The second-order valence-electron chi connectivity index (χ2n) is 9.81. The van der Waals surface area contributed by atoms with Crippen LogP contribution in [0.1, 0.15) is 36.2 Å². The van der Waals surface area contributed by atoms with Crippen LogP contribution in [-0.4, -0.2) is 45.3 Å². The molecular weight excluding hydrogens is 617 g/mol. The van der Waals surface area contributed by atoms with E-state index < -0.39 is 10.0 Å². The average Bonchev–Trinajstić information content (AvgIpc) is 3.59. The van der Waals surface area contributed by atoms with Gasteiger partial charge >= 0.3 is 0 Å². The number of thiazole rings is 1. The zero-order valence-corrected chi connectivity index (χ0v) is 25.3. The molecule has 1 fully saturated rings. The number of nitrogens with one attached hydrogen (secondary N) is 2. The number of fused-ring (bicyclic) bond motifs is 1. The summed E-state index contributed by atoms with van der Waals surface area (Å²) in [7, 11) is -3.86. The first kappa shape index (κ1) is 29.8. The van der Waals surface area contributed by atoms with Gasteiger partial charge in [0.25, 0.3) is 15.9 Å². The van der Waals surface area contributed by atoms with Gasteiger partial charge in [-0.3, -0.25) is 4.79 Å².